The molecule has 0 aliphatic carbocycles. The Bertz CT molecular complexity index is 850. The van der Waals surface area contributed by atoms with E-state index in [1.54, 1.807) is 44.6 Å². The Morgan fingerprint density at radius 1 is 1.19 bits per heavy atom. The van der Waals surface area contributed by atoms with Crippen molar-refractivity contribution < 1.29 is 23.8 Å². The predicted molar refractivity (Wildman–Crippen MR) is 96.0 cm³/mol. The molecule has 3 rings (SSSR count). The van der Waals surface area contributed by atoms with E-state index >= 15 is 0 Å². The summed E-state index contributed by atoms with van der Waals surface area (Å²) in [5, 5.41) is 5.63. The molecule has 1 aliphatic heterocycles. The number of benzene rings is 2. The summed E-state index contributed by atoms with van der Waals surface area (Å²) < 4.78 is 16.0. The fraction of sp³-hybridized carbons (Fsp3) is 0.263. The van der Waals surface area contributed by atoms with Crippen LogP contribution in [0.1, 0.15) is 28.9 Å². The molecule has 2 amide bonds. The number of nitrogens with one attached hydrogen (secondary N) is 2. The number of fused-ring (bicyclic) bond motifs is 1. The molecule has 2 aromatic carbocycles. The van der Waals surface area contributed by atoms with Gasteiger partial charge in [-0.15, -0.1) is 0 Å². The molecule has 1 aliphatic rings. The molecule has 0 aromatic heterocycles. The molecule has 0 saturated heterocycles. The van der Waals surface area contributed by atoms with Gasteiger partial charge in [0.25, 0.3) is 11.8 Å². The molecule has 0 fully saturated rings. The minimum atomic E-state index is -0.302. The Kier molecular flexibility index (Phi) is 4.97. The molecule has 7 nitrogen and oxygen atoms in total. The van der Waals surface area contributed by atoms with Crippen LogP contribution in [-0.4, -0.2) is 32.6 Å². The normalized spacial score (nSPS) is 13.7. The van der Waals surface area contributed by atoms with Gasteiger partial charge in [0.1, 0.15) is 17.2 Å². The molecule has 1 atom stereocenters. The van der Waals surface area contributed by atoms with E-state index in [0.717, 1.165) is 5.56 Å². The maximum Gasteiger partial charge on any atom is 0.262 e. The zero-order chi connectivity index (χ0) is 18.7. The highest BCUT2D eigenvalue weighted by atomic mass is 16.5. The van der Waals surface area contributed by atoms with E-state index in [0.29, 0.717) is 28.5 Å². The summed E-state index contributed by atoms with van der Waals surface area (Å²) in [4.78, 5) is 23.9. The third kappa shape index (κ3) is 3.56. The lowest BCUT2D eigenvalue weighted by Gasteiger charge is -2.20. The van der Waals surface area contributed by atoms with Gasteiger partial charge in [-0.1, -0.05) is 0 Å². The first-order chi connectivity index (χ1) is 12.5. The van der Waals surface area contributed by atoms with Crippen molar-refractivity contribution in [1.29, 1.82) is 0 Å². The van der Waals surface area contributed by atoms with Crippen molar-refractivity contribution in [2.45, 2.75) is 13.0 Å². The molecule has 0 spiro atoms. The van der Waals surface area contributed by atoms with Gasteiger partial charge in [0.15, 0.2) is 6.61 Å². The minimum Gasteiger partial charge on any atom is -0.497 e. The molecule has 7 heteroatoms. The molecule has 26 heavy (non-hydrogen) atoms. The number of hydrogen-bond acceptors (Lipinski definition) is 5. The second-order valence-electron chi connectivity index (χ2n) is 5.85. The van der Waals surface area contributed by atoms with Crippen LogP contribution in [0.3, 0.4) is 0 Å². The highest BCUT2D eigenvalue weighted by molar-refractivity contribution is 5.99. The number of anilines is 1. The van der Waals surface area contributed by atoms with E-state index in [2.05, 4.69) is 10.6 Å². The summed E-state index contributed by atoms with van der Waals surface area (Å²) in [5.74, 6) is 1.35. The van der Waals surface area contributed by atoms with Crippen LogP contribution in [0.2, 0.25) is 0 Å². The minimum absolute atomic E-state index is 0.0600. The van der Waals surface area contributed by atoms with Crippen LogP contribution < -0.4 is 24.8 Å². The lowest BCUT2D eigenvalue weighted by molar-refractivity contribution is -0.118. The average molecular weight is 356 g/mol. The average Bonchev–Trinajstić information content (AvgIpc) is 2.66. The van der Waals surface area contributed by atoms with Gasteiger partial charge in [-0.25, -0.2) is 0 Å². The van der Waals surface area contributed by atoms with Crippen LogP contribution in [0.5, 0.6) is 17.2 Å². The lowest BCUT2D eigenvalue weighted by atomic mass is 10.1. The molecule has 0 unspecified atom stereocenters. The summed E-state index contributed by atoms with van der Waals surface area (Å²) in [7, 11) is 3.16. The molecular formula is C19H20N2O5. The first-order valence-corrected chi connectivity index (χ1v) is 8.11. The second kappa shape index (κ2) is 7.35. The van der Waals surface area contributed by atoms with Crippen molar-refractivity contribution in [3.8, 4) is 17.2 Å². The highest BCUT2D eigenvalue weighted by Crippen LogP contribution is 2.31. The van der Waals surface area contributed by atoms with Gasteiger partial charge < -0.3 is 24.8 Å². The van der Waals surface area contributed by atoms with Gasteiger partial charge in [-0.3, -0.25) is 9.59 Å². The largest absolute Gasteiger partial charge is 0.497 e. The van der Waals surface area contributed by atoms with Crippen LogP contribution in [0.25, 0.3) is 0 Å². The van der Waals surface area contributed by atoms with Crippen LogP contribution in [0.15, 0.2) is 36.4 Å². The van der Waals surface area contributed by atoms with E-state index in [4.69, 9.17) is 14.2 Å². The molecule has 2 N–H and O–H groups in total. The maximum atomic E-state index is 12.6. The summed E-state index contributed by atoms with van der Waals surface area (Å²) in [6, 6.07) is 10.0. The number of amides is 2. The number of carbonyl (C=O) groups excluding carboxylic acids is 2. The van der Waals surface area contributed by atoms with Gasteiger partial charge in [-0.2, -0.15) is 0 Å². The topological polar surface area (TPSA) is 85.9 Å². The Morgan fingerprint density at radius 3 is 2.73 bits per heavy atom. The van der Waals surface area contributed by atoms with Gasteiger partial charge >= 0.3 is 0 Å². The standard InChI is InChI=1S/C19H20N2O5/c1-11(14-9-13(24-2)5-7-16(14)25-3)20-19(23)12-4-6-15-17(8-12)26-10-18(22)21-15/h4-9,11H,10H2,1-3H3,(H,20,23)(H,21,22)/t11-/m1/s1. The van der Waals surface area contributed by atoms with Crippen molar-refractivity contribution in [1.82, 2.24) is 5.32 Å². The van der Waals surface area contributed by atoms with E-state index in [1.807, 2.05) is 13.0 Å². The number of hydrogen-bond donors (Lipinski definition) is 2. The van der Waals surface area contributed by atoms with Crippen LogP contribution >= 0.6 is 0 Å². The SMILES string of the molecule is COc1ccc(OC)c([C@@H](C)NC(=O)c2ccc3c(c2)OCC(=O)N3)c1. The zero-order valence-electron chi connectivity index (χ0n) is 14.8. The first-order valence-electron chi connectivity index (χ1n) is 8.11. The summed E-state index contributed by atoms with van der Waals surface area (Å²) in [6.07, 6.45) is 0. The van der Waals surface area contributed by atoms with Crippen molar-refractivity contribution in [3.63, 3.8) is 0 Å². The lowest BCUT2D eigenvalue weighted by Crippen LogP contribution is -2.28. The second-order valence-corrected chi connectivity index (χ2v) is 5.85. The number of methoxy groups -OCH3 is 2. The van der Waals surface area contributed by atoms with Crippen LogP contribution in [-0.2, 0) is 4.79 Å². The quantitative estimate of drug-likeness (QED) is 0.860. The summed E-state index contributed by atoms with van der Waals surface area (Å²) >= 11 is 0. The molecular weight excluding hydrogens is 336 g/mol. The summed E-state index contributed by atoms with van der Waals surface area (Å²) in [6.45, 7) is 1.81. The zero-order valence-corrected chi connectivity index (χ0v) is 14.8. The molecule has 0 radical (unpaired) electrons. The molecule has 0 bridgehead atoms. The van der Waals surface area contributed by atoms with E-state index in [1.165, 1.54) is 0 Å². The predicted octanol–water partition coefficient (Wildman–Crippen LogP) is 2.53. The number of ether oxygens (including phenoxy) is 3. The van der Waals surface area contributed by atoms with Crippen molar-refractivity contribution >= 4 is 17.5 Å². The Labute approximate surface area is 151 Å². The van der Waals surface area contributed by atoms with Gasteiger partial charge in [0.2, 0.25) is 0 Å². The third-order valence-electron chi connectivity index (χ3n) is 4.13. The van der Waals surface area contributed by atoms with Gasteiger partial charge in [0, 0.05) is 11.1 Å². The van der Waals surface area contributed by atoms with Crippen molar-refractivity contribution in [3.05, 3.63) is 47.5 Å². The third-order valence-corrected chi connectivity index (χ3v) is 4.13. The highest BCUT2D eigenvalue weighted by Gasteiger charge is 2.20. The Morgan fingerprint density at radius 2 is 2.00 bits per heavy atom. The molecule has 0 saturated carbocycles. The van der Waals surface area contributed by atoms with Crippen LogP contribution in [0, 0.1) is 0 Å². The van der Waals surface area contributed by atoms with Gasteiger partial charge in [0.05, 0.1) is 25.9 Å². The van der Waals surface area contributed by atoms with Crippen molar-refractivity contribution in [2.75, 3.05) is 26.1 Å². The number of carbonyl (C=O) groups is 2. The Hall–Kier alpha value is -3.22. The molecule has 136 valence electrons. The fourth-order valence-electron chi connectivity index (χ4n) is 2.75. The first kappa shape index (κ1) is 17.6. The van der Waals surface area contributed by atoms with E-state index in [9.17, 15) is 9.59 Å². The summed E-state index contributed by atoms with van der Waals surface area (Å²) in [5.41, 5.74) is 1.80. The smallest absolute Gasteiger partial charge is 0.262 e. The fourth-order valence-corrected chi connectivity index (χ4v) is 2.75. The molecule has 2 aromatic rings. The monoisotopic (exact) mass is 356 g/mol. The van der Waals surface area contributed by atoms with E-state index < -0.39 is 0 Å². The van der Waals surface area contributed by atoms with Gasteiger partial charge in [-0.05, 0) is 43.3 Å². The maximum absolute atomic E-state index is 12.6. The van der Waals surface area contributed by atoms with Crippen molar-refractivity contribution in [2.24, 2.45) is 0 Å². The van der Waals surface area contributed by atoms with Crippen LogP contribution in [0.4, 0.5) is 5.69 Å². The molecule has 1 heterocycles. The van der Waals surface area contributed by atoms with E-state index in [-0.39, 0.29) is 24.5 Å². The Balaban J connectivity index is 1.79. The number of rotatable bonds is 5.